The number of carbonyl (C=O) groups is 1. The Hall–Kier alpha value is -2.85. The van der Waals surface area contributed by atoms with E-state index in [9.17, 15) is 9.90 Å². The Morgan fingerprint density at radius 3 is 2.10 bits per heavy atom. The topological polar surface area (TPSA) is 65.0 Å². The predicted octanol–water partition coefficient (Wildman–Crippen LogP) is 8.51. The third kappa shape index (κ3) is 11.3. The van der Waals surface area contributed by atoms with Crippen molar-refractivity contribution in [3.05, 3.63) is 126 Å². The Bertz CT molecular complexity index is 1490. The van der Waals surface area contributed by atoms with Crippen LogP contribution in [0, 0.1) is 0 Å². The van der Waals surface area contributed by atoms with Crippen LogP contribution in [-0.2, 0) is 20.6 Å². The van der Waals surface area contributed by atoms with Gasteiger partial charge in [0.1, 0.15) is 12.0 Å². The molecular formula is C42H54O5S2Si. The van der Waals surface area contributed by atoms with E-state index in [1.165, 1.54) is 22.9 Å². The molecule has 0 amide bonds. The Labute approximate surface area is 309 Å². The standard InChI is InChI=1S/C42H54O5S2Si/c1-34(29-36(44)31-42(48-27-16-28-49-42)25-14-6-7-15-26-43)30-38(46-32-35-21-23-37(45-5)24-22-35)33-47-50(41(2,3)4,39-17-10-8-11-18-39)40-19-12-9-13-20-40/h6-15,17-24,26,29,36,38,44H,16,25,27-28,30-33H2,1-5H3/b14-6-,15-7+,34-29+/t36-,38+/m0/s1. The zero-order chi connectivity index (χ0) is 35.9. The molecule has 0 aromatic heterocycles. The summed E-state index contributed by atoms with van der Waals surface area (Å²) in [5, 5.41) is 13.8. The van der Waals surface area contributed by atoms with Crippen LogP contribution in [0.2, 0.25) is 5.04 Å². The van der Waals surface area contributed by atoms with Crippen LogP contribution < -0.4 is 15.1 Å². The molecule has 3 aromatic carbocycles. The van der Waals surface area contributed by atoms with E-state index >= 15 is 0 Å². The maximum absolute atomic E-state index is 11.4. The van der Waals surface area contributed by atoms with Crippen LogP contribution in [0.5, 0.6) is 5.75 Å². The summed E-state index contributed by atoms with van der Waals surface area (Å²) in [6.45, 7) is 9.82. The second kappa shape index (κ2) is 19.7. The van der Waals surface area contributed by atoms with Crippen LogP contribution in [0.25, 0.3) is 0 Å². The average molecular weight is 731 g/mol. The molecule has 1 aliphatic heterocycles. The number of aldehydes is 1. The molecule has 0 saturated carbocycles. The molecule has 1 aliphatic rings. The second-order valence-corrected chi connectivity index (χ2v) is 21.4. The molecule has 0 spiro atoms. The second-order valence-electron chi connectivity index (χ2n) is 13.9. The van der Waals surface area contributed by atoms with Crippen LogP contribution in [0.4, 0.5) is 0 Å². The smallest absolute Gasteiger partial charge is 0.261 e. The molecule has 8 heteroatoms. The first-order valence-electron chi connectivity index (χ1n) is 17.5. The molecule has 2 atom stereocenters. The fraction of sp³-hybridized carbons (Fsp3) is 0.405. The molecule has 268 valence electrons. The summed E-state index contributed by atoms with van der Waals surface area (Å²) < 4.78 is 19.3. The molecule has 0 unspecified atom stereocenters. The first-order chi connectivity index (χ1) is 24.1. The van der Waals surface area contributed by atoms with Crippen molar-refractivity contribution < 1.29 is 23.8 Å². The Kier molecular flexibility index (Phi) is 15.7. The summed E-state index contributed by atoms with van der Waals surface area (Å²) in [7, 11) is -1.11. The first kappa shape index (κ1) is 39.9. The summed E-state index contributed by atoms with van der Waals surface area (Å²) in [4.78, 5) is 10.7. The normalized spacial score (nSPS) is 16.8. The molecule has 5 nitrogen and oxygen atoms in total. The van der Waals surface area contributed by atoms with Crippen LogP contribution in [-0.4, -0.2) is 61.2 Å². The fourth-order valence-electron chi connectivity index (χ4n) is 6.59. The molecule has 0 radical (unpaired) electrons. The monoisotopic (exact) mass is 730 g/mol. The van der Waals surface area contributed by atoms with Crippen LogP contribution in [0.3, 0.4) is 0 Å². The lowest BCUT2D eigenvalue weighted by Crippen LogP contribution is -2.67. The summed E-state index contributed by atoms with van der Waals surface area (Å²) in [5.41, 5.74) is 2.14. The summed E-state index contributed by atoms with van der Waals surface area (Å²) in [6, 6.07) is 29.4. The van der Waals surface area contributed by atoms with Gasteiger partial charge in [-0.05, 0) is 76.9 Å². The minimum absolute atomic E-state index is 0.101. The van der Waals surface area contributed by atoms with Crippen LogP contribution in [0.1, 0.15) is 58.9 Å². The van der Waals surface area contributed by atoms with Crippen molar-refractivity contribution >= 4 is 48.5 Å². The van der Waals surface area contributed by atoms with Gasteiger partial charge in [0.05, 0.1) is 36.6 Å². The van der Waals surface area contributed by atoms with Gasteiger partial charge in [0.15, 0.2) is 0 Å². The van der Waals surface area contributed by atoms with E-state index in [-0.39, 0.29) is 15.2 Å². The number of methoxy groups -OCH3 is 1. The SMILES string of the molecule is COc1ccc(CO[C@@H](CO[Si](c2ccccc2)(c2ccccc2)C(C)(C)C)C/C(C)=C/[C@H](O)CC2(C/C=C\C=C\C=O)SCCCS2)cc1. The molecule has 50 heavy (non-hydrogen) atoms. The van der Waals surface area contributed by atoms with Crippen molar-refractivity contribution in [2.24, 2.45) is 0 Å². The molecule has 1 fully saturated rings. The molecule has 4 rings (SSSR count). The van der Waals surface area contributed by atoms with Gasteiger partial charge in [-0.25, -0.2) is 0 Å². The highest BCUT2D eigenvalue weighted by Crippen LogP contribution is 2.48. The lowest BCUT2D eigenvalue weighted by Gasteiger charge is -2.43. The maximum Gasteiger partial charge on any atom is 0.261 e. The third-order valence-electron chi connectivity index (χ3n) is 8.98. The Morgan fingerprint density at radius 1 is 0.920 bits per heavy atom. The van der Waals surface area contributed by atoms with Gasteiger partial charge >= 0.3 is 0 Å². The van der Waals surface area contributed by atoms with Crippen LogP contribution >= 0.6 is 23.5 Å². The summed E-state index contributed by atoms with van der Waals surface area (Å²) in [6.07, 6.45) is 12.6. The predicted molar refractivity (Wildman–Crippen MR) is 215 cm³/mol. The van der Waals surface area contributed by atoms with Gasteiger partial charge in [-0.3, -0.25) is 4.79 Å². The van der Waals surface area contributed by atoms with Crippen molar-refractivity contribution in [3.63, 3.8) is 0 Å². The van der Waals surface area contributed by atoms with E-state index in [2.05, 4.69) is 94.4 Å². The summed E-state index contributed by atoms with van der Waals surface area (Å²) >= 11 is 3.88. The van der Waals surface area contributed by atoms with Crippen molar-refractivity contribution in [2.75, 3.05) is 25.2 Å². The van der Waals surface area contributed by atoms with Gasteiger partial charge < -0.3 is 19.0 Å². The van der Waals surface area contributed by atoms with E-state index < -0.39 is 14.4 Å². The highest BCUT2D eigenvalue weighted by molar-refractivity contribution is 8.18. The van der Waals surface area contributed by atoms with Gasteiger partial charge in [-0.15, -0.1) is 23.5 Å². The van der Waals surface area contributed by atoms with Crippen LogP contribution in [0.15, 0.2) is 121 Å². The number of allylic oxidation sites excluding steroid dienone is 4. The maximum atomic E-state index is 11.4. The van der Waals surface area contributed by atoms with E-state index in [1.807, 2.05) is 59.9 Å². The van der Waals surface area contributed by atoms with E-state index in [1.54, 1.807) is 13.2 Å². The quantitative estimate of drug-likeness (QED) is 0.0463. The number of hydrogen-bond acceptors (Lipinski definition) is 7. The molecule has 1 saturated heterocycles. The van der Waals surface area contributed by atoms with Gasteiger partial charge in [0, 0.05) is 6.42 Å². The Balaban J connectivity index is 1.58. The van der Waals surface area contributed by atoms with Gasteiger partial charge in [-0.1, -0.05) is 123 Å². The Morgan fingerprint density at radius 2 is 1.54 bits per heavy atom. The lowest BCUT2D eigenvalue weighted by molar-refractivity contribution is -0.104. The van der Waals surface area contributed by atoms with Crippen molar-refractivity contribution in [3.8, 4) is 5.75 Å². The zero-order valence-electron chi connectivity index (χ0n) is 30.3. The lowest BCUT2D eigenvalue weighted by atomic mass is 10.0. The number of ether oxygens (including phenoxy) is 2. The number of benzene rings is 3. The van der Waals surface area contributed by atoms with Crippen molar-refractivity contribution in [1.82, 2.24) is 0 Å². The number of hydrogen-bond donors (Lipinski definition) is 1. The third-order valence-corrected chi connectivity index (χ3v) is 17.4. The average Bonchev–Trinajstić information content (AvgIpc) is 3.11. The minimum atomic E-state index is -2.78. The summed E-state index contributed by atoms with van der Waals surface area (Å²) in [5.74, 6) is 2.98. The molecule has 1 heterocycles. The number of thioether (sulfide) groups is 2. The highest BCUT2D eigenvalue weighted by atomic mass is 32.2. The molecule has 1 N–H and O–H groups in total. The minimum Gasteiger partial charge on any atom is -0.497 e. The van der Waals surface area contributed by atoms with Gasteiger partial charge in [0.2, 0.25) is 0 Å². The number of aliphatic hydroxyl groups is 1. The fourth-order valence-corrected chi connectivity index (χ4v) is 14.5. The number of aliphatic hydroxyl groups excluding tert-OH is 1. The van der Waals surface area contributed by atoms with Gasteiger partial charge in [0.25, 0.3) is 8.32 Å². The number of rotatable bonds is 18. The van der Waals surface area contributed by atoms with Gasteiger partial charge in [-0.2, -0.15) is 0 Å². The zero-order valence-corrected chi connectivity index (χ0v) is 32.9. The molecule has 0 bridgehead atoms. The number of carbonyl (C=O) groups excluding carboxylic acids is 1. The molecular weight excluding hydrogens is 677 g/mol. The van der Waals surface area contributed by atoms with Crippen molar-refractivity contribution in [1.29, 1.82) is 0 Å². The largest absolute Gasteiger partial charge is 0.497 e. The van der Waals surface area contributed by atoms with E-state index in [0.29, 0.717) is 26.1 Å². The van der Waals surface area contributed by atoms with E-state index in [4.69, 9.17) is 13.9 Å². The molecule has 3 aromatic rings. The highest BCUT2D eigenvalue weighted by Gasteiger charge is 2.50. The van der Waals surface area contributed by atoms with Crippen molar-refractivity contribution in [2.45, 2.75) is 81.3 Å². The molecule has 0 aliphatic carbocycles. The van der Waals surface area contributed by atoms with E-state index in [0.717, 1.165) is 41.1 Å². The first-order valence-corrected chi connectivity index (χ1v) is 21.4.